The van der Waals surface area contributed by atoms with Crippen molar-refractivity contribution in [3.8, 4) is 11.3 Å². The Labute approximate surface area is 194 Å². The van der Waals surface area contributed by atoms with E-state index in [9.17, 15) is 9.59 Å². The summed E-state index contributed by atoms with van der Waals surface area (Å²) in [7, 11) is 1.33. The first-order valence-electron chi connectivity index (χ1n) is 11.1. The van der Waals surface area contributed by atoms with Crippen LogP contribution in [0.3, 0.4) is 0 Å². The van der Waals surface area contributed by atoms with Crippen molar-refractivity contribution in [1.29, 1.82) is 0 Å². The molecular weight excluding hydrogens is 418 g/mol. The van der Waals surface area contributed by atoms with Crippen LogP contribution >= 0.6 is 0 Å². The molecule has 0 spiro atoms. The van der Waals surface area contributed by atoms with Crippen LogP contribution in [0.4, 0.5) is 0 Å². The van der Waals surface area contributed by atoms with Crippen molar-refractivity contribution < 1.29 is 23.5 Å². The zero-order chi connectivity index (χ0) is 23.6. The van der Waals surface area contributed by atoms with E-state index in [4.69, 9.17) is 13.9 Å². The summed E-state index contributed by atoms with van der Waals surface area (Å²) in [4.78, 5) is 25.4. The van der Waals surface area contributed by atoms with Crippen LogP contribution in [-0.4, -0.2) is 31.1 Å². The molecule has 1 N–H and O–H groups in total. The molecule has 0 fully saturated rings. The summed E-state index contributed by atoms with van der Waals surface area (Å²) in [6.45, 7) is 4.22. The average Bonchev–Trinajstić information content (AvgIpc) is 3.30. The zero-order valence-corrected chi connectivity index (χ0v) is 19.3. The van der Waals surface area contributed by atoms with Gasteiger partial charge in [-0.3, -0.25) is 14.9 Å². The lowest BCUT2D eigenvalue weighted by Crippen LogP contribution is -2.49. The van der Waals surface area contributed by atoms with Gasteiger partial charge in [-0.2, -0.15) is 0 Å². The normalized spacial score (nSPS) is 12.8. The van der Waals surface area contributed by atoms with E-state index in [-0.39, 0.29) is 18.9 Å². The number of rotatable bonds is 11. The van der Waals surface area contributed by atoms with Gasteiger partial charge < -0.3 is 13.9 Å². The van der Waals surface area contributed by atoms with E-state index in [1.807, 2.05) is 86.6 Å². The molecule has 1 heterocycles. The molecule has 3 aromatic rings. The Morgan fingerprint density at radius 2 is 1.55 bits per heavy atom. The third-order valence-electron chi connectivity index (χ3n) is 5.23. The van der Waals surface area contributed by atoms with Crippen molar-refractivity contribution in [3.05, 3.63) is 84.1 Å². The lowest BCUT2D eigenvalue weighted by molar-refractivity contribution is -0.149. The number of carbonyl (C=O) groups is 2. The molecule has 6 nitrogen and oxygen atoms in total. The Morgan fingerprint density at radius 1 is 0.879 bits per heavy atom. The molecule has 1 unspecified atom stereocenters. The minimum Gasteiger partial charge on any atom is -0.468 e. The van der Waals surface area contributed by atoms with Crippen LogP contribution in [0.1, 0.15) is 31.6 Å². The first-order chi connectivity index (χ1) is 16.0. The number of methoxy groups -OCH3 is 1. The third-order valence-corrected chi connectivity index (χ3v) is 5.23. The van der Waals surface area contributed by atoms with Crippen LogP contribution in [0.2, 0.25) is 0 Å². The summed E-state index contributed by atoms with van der Waals surface area (Å²) >= 11 is 0. The standard InChI is InChI=1S/C27H31NO5/c1-19(2)16-23(27(30)32-18-20-10-6-4-7-11-20)28-24(26(29)31-3)17-22-14-15-25(33-22)21-12-8-5-9-13-21/h4-15,19,23-24,28H,16-18H2,1-3H3/t23-,24?/m0/s1. The summed E-state index contributed by atoms with van der Waals surface area (Å²) in [6, 6.07) is 21.5. The molecule has 0 saturated heterocycles. The number of furan rings is 1. The number of ether oxygens (including phenoxy) is 2. The van der Waals surface area contributed by atoms with E-state index >= 15 is 0 Å². The number of nitrogens with one attached hydrogen (secondary N) is 1. The van der Waals surface area contributed by atoms with E-state index in [2.05, 4.69) is 5.32 Å². The molecule has 0 aliphatic rings. The second kappa shape index (κ2) is 12.0. The number of carbonyl (C=O) groups excluding carboxylic acids is 2. The van der Waals surface area contributed by atoms with Gasteiger partial charge in [-0.15, -0.1) is 0 Å². The first-order valence-corrected chi connectivity index (χ1v) is 11.1. The molecule has 174 valence electrons. The van der Waals surface area contributed by atoms with Gasteiger partial charge in [-0.25, -0.2) is 0 Å². The minimum atomic E-state index is -0.752. The molecule has 33 heavy (non-hydrogen) atoms. The van der Waals surface area contributed by atoms with Crippen molar-refractivity contribution in [2.75, 3.05) is 7.11 Å². The maximum Gasteiger partial charge on any atom is 0.323 e. The van der Waals surface area contributed by atoms with Crippen molar-refractivity contribution in [3.63, 3.8) is 0 Å². The highest BCUT2D eigenvalue weighted by molar-refractivity contribution is 5.80. The number of hydrogen-bond donors (Lipinski definition) is 1. The Kier molecular flexibility index (Phi) is 8.84. The molecule has 6 heteroatoms. The summed E-state index contributed by atoms with van der Waals surface area (Å²) < 4.78 is 16.5. The van der Waals surface area contributed by atoms with Gasteiger partial charge in [-0.05, 0) is 30.0 Å². The molecule has 0 bridgehead atoms. The van der Waals surface area contributed by atoms with Crippen LogP contribution in [0.25, 0.3) is 11.3 Å². The summed E-state index contributed by atoms with van der Waals surface area (Å²) in [5, 5.41) is 3.16. The smallest absolute Gasteiger partial charge is 0.323 e. The van der Waals surface area contributed by atoms with E-state index in [0.29, 0.717) is 12.2 Å². The number of benzene rings is 2. The van der Waals surface area contributed by atoms with Crippen molar-refractivity contribution in [2.45, 2.75) is 45.4 Å². The molecule has 0 saturated carbocycles. The van der Waals surface area contributed by atoms with Gasteiger partial charge in [0.1, 0.15) is 30.2 Å². The number of esters is 2. The minimum absolute atomic E-state index is 0.178. The van der Waals surface area contributed by atoms with Crippen LogP contribution < -0.4 is 5.32 Å². The fourth-order valence-electron chi connectivity index (χ4n) is 3.57. The van der Waals surface area contributed by atoms with E-state index < -0.39 is 24.0 Å². The van der Waals surface area contributed by atoms with Crippen LogP contribution in [0, 0.1) is 5.92 Å². The van der Waals surface area contributed by atoms with Gasteiger partial charge >= 0.3 is 11.9 Å². The fourth-order valence-corrected chi connectivity index (χ4v) is 3.57. The van der Waals surface area contributed by atoms with E-state index in [1.165, 1.54) is 7.11 Å². The van der Waals surface area contributed by atoms with Gasteiger partial charge in [0, 0.05) is 12.0 Å². The van der Waals surface area contributed by atoms with Gasteiger partial charge in [0.15, 0.2) is 0 Å². The van der Waals surface area contributed by atoms with Gasteiger partial charge in [-0.1, -0.05) is 74.5 Å². The van der Waals surface area contributed by atoms with Gasteiger partial charge in [0.2, 0.25) is 0 Å². The summed E-state index contributed by atoms with van der Waals surface area (Å²) in [6.07, 6.45) is 0.772. The summed E-state index contributed by atoms with van der Waals surface area (Å²) in [5.41, 5.74) is 1.86. The lowest BCUT2D eigenvalue weighted by Gasteiger charge is -2.24. The van der Waals surface area contributed by atoms with Crippen molar-refractivity contribution in [1.82, 2.24) is 5.32 Å². The quantitative estimate of drug-likeness (QED) is 0.425. The second-order valence-electron chi connectivity index (χ2n) is 8.35. The average molecular weight is 450 g/mol. The highest BCUT2D eigenvalue weighted by Gasteiger charge is 2.29. The highest BCUT2D eigenvalue weighted by atomic mass is 16.5. The Hall–Kier alpha value is -3.38. The molecule has 0 radical (unpaired) electrons. The van der Waals surface area contributed by atoms with Gasteiger partial charge in [0.25, 0.3) is 0 Å². The van der Waals surface area contributed by atoms with Crippen LogP contribution in [-0.2, 0) is 32.1 Å². The lowest BCUT2D eigenvalue weighted by atomic mass is 10.0. The largest absolute Gasteiger partial charge is 0.468 e. The highest BCUT2D eigenvalue weighted by Crippen LogP contribution is 2.23. The number of hydrogen-bond acceptors (Lipinski definition) is 6. The molecular formula is C27H31NO5. The molecule has 0 aliphatic carbocycles. The monoisotopic (exact) mass is 449 g/mol. The SMILES string of the molecule is COC(=O)C(Cc1ccc(-c2ccccc2)o1)N[C@@H](CC(C)C)C(=O)OCc1ccccc1. The maximum atomic E-state index is 12.9. The maximum absolute atomic E-state index is 12.9. The predicted molar refractivity (Wildman–Crippen MR) is 126 cm³/mol. The topological polar surface area (TPSA) is 77.8 Å². The van der Waals surface area contributed by atoms with Crippen LogP contribution in [0.15, 0.2) is 77.2 Å². The first kappa shape index (κ1) is 24.3. The summed E-state index contributed by atoms with van der Waals surface area (Å²) in [5.74, 6) is 0.703. The zero-order valence-electron chi connectivity index (χ0n) is 19.3. The molecule has 2 atom stereocenters. The van der Waals surface area contributed by atoms with Crippen molar-refractivity contribution >= 4 is 11.9 Å². The van der Waals surface area contributed by atoms with Crippen LogP contribution in [0.5, 0.6) is 0 Å². The molecule has 0 aliphatic heterocycles. The fraction of sp³-hybridized carbons (Fsp3) is 0.333. The molecule has 0 amide bonds. The van der Waals surface area contributed by atoms with E-state index in [0.717, 1.165) is 16.9 Å². The van der Waals surface area contributed by atoms with Crippen molar-refractivity contribution in [2.24, 2.45) is 5.92 Å². The third kappa shape index (κ3) is 7.32. The second-order valence-corrected chi connectivity index (χ2v) is 8.35. The predicted octanol–water partition coefficient (Wildman–Crippen LogP) is 4.78. The molecule has 2 aromatic carbocycles. The molecule has 3 rings (SSSR count). The Balaban J connectivity index is 1.70. The Morgan fingerprint density at radius 3 is 2.18 bits per heavy atom. The van der Waals surface area contributed by atoms with E-state index in [1.54, 1.807) is 0 Å². The molecule has 1 aromatic heterocycles. The van der Waals surface area contributed by atoms with Gasteiger partial charge in [0.05, 0.1) is 7.11 Å². The Bertz CT molecular complexity index is 1010.